The molecule has 0 spiro atoms. The number of aliphatic carboxylic acids is 1. The highest BCUT2D eigenvalue weighted by Gasteiger charge is 2.30. The van der Waals surface area contributed by atoms with Crippen molar-refractivity contribution in [3.63, 3.8) is 0 Å². The number of carboxylic acids is 1. The van der Waals surface area contributed by atoms with Gasteiger partial charge in [0.1, 0.15) is 5.52 Å². The molecule has 1 amide bonds. The second-order valence-corrected chi connectivity index (χ2v) is 9.11. The second-order valence-electron chi connectivity index (χ2n) is 8.16. The Labute approximate surface area is 206 Å². The molecule has 0 saturated carbocycles. The molecule has 0 radical (unpaired) electrons. The van der Waals surface area contributed by atoms with Crippen LogP contribution in [0.4, 0.5) is 0 Å². The molecule has 3 N–H and O–H groups in total. The van der Waals surface area contributed by atoms with E-state index in [1.807, 2.05) is 42.6 Å². The Kier molecular flexibility index (Phi) is 6.70. The summed E-state index contributed by atoms with van der Waals surface area (Å²) in [7, 11) is 0. The molecular weight excluding hydrogens is 466 g/mol. The molecule has 0 aliphatic heterocycles. The lowest BCUT2D eigenvalue weighted by Crippen LogP contribution is -2.25. The van der Waals surface area contributed by atoms with Crippen molar-refractivity contribution < 1.29 is 24.2 Å². The molecular formula is C26H25N3O5S. The molecule has 4 rings (SSSR count). The minimum atomic E-state index is -1.22. The van der Waals surface area contributed by atoms with E-state index in [0.29, 0.717) is 24.1 Å². The lowest BCUT2D eigenvalue weighted by molar-refractivity contribution is -0.144. The summed E-state index contributed by atoms with van der Waals surface area (Å²) in [5, 5.41) is 11.4. The molecule has 0 aliphatic carbocycles. The van der Waals surface area contributed by atoms with Crippen LogP contribution in [-0.4, -0.2) is 38.3 Å². The SMILES string of the molecule is CCc1c(C(=O)C(N)=O)c2c(OC(C)C(=O)O)nc(C)cn2c1Cc1ccccc1-c1cccs1. The van der Waals surface area contributed by atoms with Crippen molar-refractivity contribution in [2.45, 2.75) is 39.7 Å². The number of aryl methyl sites for hydroxylation is 1. The number of carbonyl (C=O) groups excluding carboxylic acids is 2. The average Bonchev–Trinajstić information content (AvgIpc) is 3.45. The Balaban J connectivity index is 2.00. The average molecular weight is 492 g/mol. The first-order valence-electron chi connectivity index (χ1n) is 11.1. The number of nitrogens with two attached hydrogens (primary N) is 1. The monoisotopic (exact) mass is 491 g/mol. The summed E-state index contributed by atoms with van der Waals surface area (Å²) in [6.07, 6.45) is 1.45. The van der Waals surface area contributed by atoms with Crippen molar-refractivity contribution in [2.75, 3.05) is 0 Å². The smallest absolute Gasteiger partial charge is 0.344 e. The van der Waals surface area contributed by atoms with Gasteiger partial charge < -0.3 is 20.0 Å². The minimum Gasteiger partial charge on any atom is -0.479 e. The quantitative estimate of drug-likeness (QED) is 0.269. The summed E-state index contributed by atoms with van der Waals surface area (Å²) in [5.74, 6) is -3.18. The third-order valence-corrected chi connectivity index (χ3v) is 6.72. The number of thiophene rings is 1. The number of ketones is 1. The van der Waals surface area contributed by atoms with Crippen LogP contribution in [0, 0.1) is 6.92 Å². The second kappa shape index (κ2) is 9.71. The third kappa shape index (κ3) is 4.54. The van der Waals surface area contributed by atoms with Gasteiger partial charge in [-0.3, -0.25) is 9.59 Å². The molecule has 1 aromatic carbocycles. The first-order valence-corrected chi connectivity index (χ1v) is 12.0. The van der Waals surface area contributed by atoms with Crippen LogP contribution in [0.25, 0.3) is 16.0 Å². The van der Waals surface area contributed by atoms with Gasteiger partial charge in [0, 0.05) is 23.2 Å². The largest absolute Gasteiger partial charge is 0.479 e. The molecule has 35 heavy (non-hydrogen) atoms. The van der Waals surface area contributed by atoms with Gasteiger partial charge in [0.05, 0.1) is 11.3 Å². The molecule has 9 heteroatoms. The fraction of sp³-hybridized carbons (Fsp3) is 0.231. The van der Waals surface area contributed by atoms with Crippen LogP contribution in [0.2, 0.25) is 0 Å². The Hall–Kier alpha value is -3.98. The Bertz CT molecular complexity index is 1440. The number of hydrogen-bond acceptors (Lipinski definition) is 6. The first-order chi connectivity index (χ1) is 16.7. The fourth-order valence-corrected chi connectivity index (χ4v) is 5.02. The first kappa shape index (κ1) is 24.2. The minimum absolute atomic E-state index is 0.0306. The lowest BCUT2D eigenvalue weighted by atomic mass is 9.96. The highest BCUT2D eigenvalue weighted by molar-refractivity contribution is 7.13. The van der Waals surface area contributed by atoms with Crippen molar-refractivity contribution in [1.29, 1.82) is 0 Å². The van der Waals surface area contributed by atoms with Gasteiger partial charge >= 0.3 is 5.97 Å². The third-order valence-electron chi connectivity index (χ3n) is 5.82. The van der Waals surface area contributed by atoms with Crippen molar-refractivity contribution in [2.24, 2.45) is 5.73 Å². The number of fused-ring (bicyclic) bond motifs is 1. The predicted molar refractivity (Wildman–Crippen MR) is 133 cm³/mol. The van der Waals surface area contributed by atoms with Crippen LogP contribution < -0.4 is 10.5 Å². The van der Waals surface area contributed by atoms with E-state index in [0.717, 1.165) is 21.7 Å². The van der Waals surface area contributed by atoms with Crippen molar-refractivity contribution in [1.82, 2.24) is 9.38 Å². The van der Waals surface area contributed by atoms with Crippen molar-refractivity contribution >= 4 is 34.5 Å². The Morgan fingerprint density at radius 2 is 1.94 bits per heavy atom. The fourth-order valence-electron chi connectivity index (χ4n) is 4.24. The van der Waals surface area contributed by atoms with Gasteiger partial charge in [0.15, 0.2) is 6.10 Å². The number of carboxylic acid groups (broad SMARTS) is 1. The molecule has 3 heterocycles. The summed E-state index contributed by atoms with van der Waals surface area (Å²) < 4.78 is 7.44. The summed E-state index contributed by atoms with van der Waals surface area (Å²) in [5.41, 5.74) is 9.87. The molecule has 1 unspecified atom stereocenters. The zero-order valence-electron chi connectivity index (χ0n) is 19.6. The molecule has 0 saturated heterocycles. The molecule has 180 valence electrons. The number of rotatable bonds is 9. The van der Waals surface area contributed by atoms with Gasteiger partial charge in [0.25, 0.3) is 11.7 Å². The summed E-state index contributed by atoms with van der Waals surface area (Å²) >= 11 is 1.64. The maximum Gasteiger partial charge on any atom is 0.344 e. The van der Waals surface area contributed by atoms with E-state index in [1.165, 1.54) is 6.92 Å². The van der Waals surface area contributed by atoms with Crippen LogP contribution in [0.15, 0.2) is 48.0 Å². The molecule has 0 bridgehead atoms. The van der Waals surface area contributed by atoms with Crippen molar-refractivity contribution in [3.8, 4) is 16.3 Å². The normalized spacial score (nSPS) is 12.0. The van der Waals surface area contributed by atoms with Crippen LogP contribution in [0.1, 0.15) is 46.7 Å². The number of Topliss-reactive ketones (excluding diaryl/α,β-unsaturated/α-hetero) is 1. The number of nitrogens with zero attached hydrogens (tertiary/aromatic N) is 2. The van der Waals surface area contributed by atoms with E-state index in [9.17, 15) is 19.5 Å². The standard InChI is InChI=1S/C26H25N3O5S/c1-4-17-19(12-16-8-5-6-9-18(16)20-10-7-11-35-20)29-13-14(2)28-25(34-15(3)26(32)33)22(29)21(17)23(30)24(27)31/h5-11,13,15H,4,12H2,1-3H3,(H2,27,31)(H,32,33). The molecule has 0 fully saturated rings. The highest BCUT2D eigenvalue weighted by Crippen LogP contribution is 2.35. The number of carbonyl (C=O) groups is 3. The number of amides is 1. The predicted octanol–water partition coefficient (Wildman–Crippen LogP) is 4.04. The molecule has 3 aromatic heterocycles. The van der Waals surface area contributed by atoms with Crippen LogP contribution in [0.3, 0.4) is 0 Å². The van der Waals surface area contributed by atoms with E-state index < -0.39 is 23.8 Å². The topological polar surface area (TPSA) is 124 Å². The van der Waals surface area contributed by atoms with Crippen LogP contribution in [0.5, 0.6) is 5.88 Å². The van der Waals surface area contributed by atoms with Gasteiger partial charge in [-0.1, -0.05) is 37.3 Å². The molecule has 8 nitrogen and oxygen atoms in total. The Morgan fingerprint density at radius 1 is 1.20 bits per heavy atom. The number of hydrogen-bond donors (Lipinski definition) is 2. The zero-order valence-corrected chi connectivity index (χ0v) is 20.4. The van der Waals surface area contributed by atoms with Crippen LogP contribution in [-0.2, 0) is 22.4 Å². The highest BCUT2D eigenvalue weighted by atomic mass is 32.1. The van der Waals surface area contributed by atoms with E-state index >= 15 is 0 Å². The molecule has 1 atom stereocenters. The van der Waals surface area contributed by atoms with E-state index in [1.54, 1.807) is 28.9 Å². The van der Waals surface area contributed by atoms with Gasteiger partial charge in [0.2, 0.25) is 5.88 Å². The van der Waals surface area contributed by atoms with Crippen molar-refractivity contribution in [3.05, 3.63) is 76.1 Å². The number of ether oxygens (including phenoxy) is 1. The zero-order chi connectivity index (χ0) is 25.3. The summed E-state index contributed by atoms with van der Waals surface area (Å²) in [4.78, 5) is 42.0. The van der Waals surface area contributed by atoms with Gasteiger partial charge in [-0.2, -0.15) is 0 Å². The lowest BCUT2D eigenvalue weighted by Gasteiger charge is -2.14. The van der Waals surface area contributed by atoms with E-state index in [2.05, 4.69) is 11.1 Å². The van der Waals surface area contributed by atoms with Gasteiger partial charge in [-0.25, -0.2) is 9.78 Å². The van der Waals surface area contributed by atoms with Gasteiger partial charge in [-0.05, 0) is 48.4 Å². The van der Waals surface area contributed by atoms with E-state index in [4.69, 9.17) is 10.5 Å². The van der Waals surface area contributed by atoms with Gasteiger partial charge in [-0.15, -0.1) is 11.3 Å². The van der Waals surface area contributed by atoms with E-state index in [-0.39, 0.29) is 17.0 Å². The summed E-state index contributed by atoms with van der Waals surface area (Å²) in [6.45, 7) is 5.02. The number of aromatic nitrogens is 2. The molecule has 4 aromatic rings. The number of primary amides is 1. The summed E-state index contributed by atoms with van der Waals surface area (Å²) in [6, 6.07) is 12.1. The maximum absolute atomic E-state index is 13.0. The number of benzene rings is 1. The maximum atomic E-state index is 13.0. The van der Waals surface area contributed by atoms with Crippen LogP contribution >= 0.6 is 11.3 Å². The molecule has 0 aliphatic rings. The Morgan fingerprint density at radius 3 is 2.57 bits per heavy atom.